The topological polar surface area (TPSA) is 27.0 Å². The Morgan fingerprint density at radius 2 is 2.00 bits per heavy atom. The number of nitrogens with zero attached hydrogens (tertiary/aromatic N) is 2. The van der Waals surface area contributed by atoms with Crippen LogP contribution in [-0.2, 0) is 0 Å². The summed E-state index contributed by atoms with van der Waals surface area (Å²) in [5.41, 5.74) is 0. The van der Waals surface area contributed by atoms with E-state index in [2.05, 4.69) is 15.9 Å². The lowest BCUT2D eigenvalue weighted by atomic mass is 10.2. The maximum atomic E-state index is 12.1. The van der Waals surface area contributed by atoms with Crippen LogP contribution in [0.5, 0.6) is 0 Å². The zero-order valence-electron chi connectivity index (χ0n) is 7.98. The van der Waals surface area contributed by atoms with Gasteiger partial charge in [-0.05, 0) is 14.0 Å². The van der Waals surface area contributed by atoms with E-state index < -0.39 is 11.0 Å². The monoisotopic (exact) mass is 272 g/mol. The van der Waals surface area contributed by atoms with Crippen molar-refractivity contribution >= 4 is 15.9 Å². The quantitative estimate of drug-likeness (QED) is 0.736. The van der Waals surface area contributed by atoms with Crippen LogP contribution in [0, 0.1) is 11.3 Å². The molecule has 0 N–H and O–H groups in total. The lowest BCUT2D eigenvalue weighted by Crippen LogP contribution is -2.39. The van der Waals surface area contributed by atoms with Crippen molar-refractivity contribution < 1.29 is 13.2 Å². The van der Waals surface area contributed by atoms with E-state index in [4.69, 9.17) is 5.26 Å². The molecule has 82 valence electrons. The first-order chi connectivity index (χ1) is 6.29. The summed E-state index contributed by atoms with van der Waals surface area (Å²) in [6.07, 6.45) is -4.01. The van der Waals surface area contributed by atoms with Crippen molar-refractivity contribution in [3.63, 3.8) is 0 Å². The molecule has 6 heteroatoms. The van der Waals surface area contributed by atoms with Crippen molar-refractivity contribution in [2.45, 2.75) is 30.4 Å². The first-order valence-electron chi connectivity index (χ1n) is 4.07. The summed E-state index contributed by atoms with van der Waals surface area (Å²) >= 11 is 2.57. The van der Waals surface area contributed by atoms with Gasteiger partial charge in [0.05, 0.1) is 12.5 Å². The molecule has 0 aliphatic rings. The van der Waals surface area contributed by atoms with Crippen molar-refractivity contribution in [2.75, 3.05) is 13.6 Å². The van der Waals surface area contributed by atoms with Gasteiger partial charge in [-0.25, -0.2) is 0 Å². The second-order valence-electron chi connectivity index (χ2n) is 3.16. The van der Waals surface area contributed by atoms with Gasteiger partial charge < -0.3 is 4.90 Å². The molecule has 2 nitrogen and oxygen atoms in total. The first-order valence-corrected chi connectivity index (χ1v) is 4.98. The molecule has 2 atom stereocenters. The smallest absolute Gasteiger partial charge is 0.301 e. The first kappa shape index (κ1) is 13.7. The molecular formula is C8H12BrF3N2. The third-order valence-corrected chi connectivity index (χ3v) is 2.75. The van der Waals surface area contributed by atoms with Crippen molar-refractivity contribution in [3.8, 4) is 6.07 Å². The molecule has 0 heterocycles. The third-order valence-electron chi connectivity index (χ3n) is 1.94. The molecule has 0 amide bonds. The maximum Gasteiger partial charge on any atom is 0.402 e. The molecular weight excluding hydrogens is 261 g/mol. The molecule has 0 radical (unpaired) electrons. The van der Waals surface area contributed by atoms with Gasteiger partial charge in [-0.15, -0.1) is 0 Å². The highest BCUT2D eigenvalue weighted by molar-refractivity contribution is 9.09. The minimum absolute atomic E-state index is 0.146. The fraction of sp³-hybridized carbons (Fsp3) is 0.875. The number of nitriles is 1. The fourth-order valence-corrected chi connectivity index (χ4v) is 1.28. The van der Waals surface area contributed by atoms with Crippen molar-refractivity contribution in [1.29, 1.82) is 5.26 Å². The highest BCUT2D eigenvalue weighted by atomic mass is 79.9. The predicted molar refractivity (Wildman–Crippen MR) is 51.1 cm³/mol. The predicted octanol–water partition coefficient (Wildman–Crippen LogP) is 2.55. The molecule has 2 unspecified atom stereocenters. The summed E-state index contributed by atoms with van der Waals surface area (Å²) in [6.45, 7) is 1.58. The summed E-state index contributed by atoms with van der Waals surface area (Å²) < 4.78 is 36.4. The van der Waals surface area contributed by atoms with Crippen LogP contribution in [0.2, 0.25) is 0 Å². The van der Waals surface area contributed by atoms with Gasteiger partial charge in [0.15, 0.2) is 0 Å². The van der Waals surface area contributed by atoms with Gasteiger partial charge in [-0.3, -0.25) is 0 Å². The van der Waals surface area contributed by atoms with Crippen LogP contribution in [0.3, 0.4) is 0 Å². The molecule has 0 saturated carbocycles. The Bertz CT molecular complexity index is 212. The summed E-state index contributed by atoms with van der Waals surface area (Å²) in [7, 11) is 1.57. The van der Waals surface area contributed by atoms with Crippen LogP contribution < -0.4 is 0 Å². The van der Waals surface area contributed by atoms with E-state index in [0.29, 0.717) is 0 Å². The Labute approximate surface area is 89.8 Å². The van der Waals surface area contributed by atoms with Gasteiger partial charge >= 0.3 is 6.18 Å². The van der Waals surface area contributed by atoms with Crippen LogP contribution in [0.25, 0.3) is 0 Å². The molecule has 0 aromatic heterocycles. The van der Waals surface area contributed by atoms with Gasteiger partial charge in [0.2, 0.25) is 0 Å². The van der Waals surface area contributed by atoms with Gasteiger partial charge in [0.1, 0.15) is 4.83 Å². The number of hydrogen-bond donors (Lipinski definition) is 0. The van der Waals surface area contributed by atoms with E-state index in [9.17, 15) is 13.2 Å². The van der Waals surface area contributed by atoms with E-state index >= 15 is 0 Å². The zero-order chi connectivity index (χ0) is 11.4. The molecule has 14 heavy (non-hydrogen) atoms. The van der Waals surface area contributed by atoms with Crippen LogP contribution in [0.15, 0.2) is 0 Å². The number of halogens is 4. The molecule has 0 bridgehead atoms. The summed E-state index contributed by atoms with van der Waals surface area (Å²) in [5, 5.41) is 8.37. The lowest BCUT2D eigenvalue weighted by molar-refractivity contribution is -0.130. The van der Waals surface area contributed by atoms with E-state index in [1.165, 1.54) is 4.90 Å². The second-order valence-corrected chi connectivity index (χ2v) is 4.27. The molecule has 0 saturated heterocycles. The highest BCUT2D eigenvalue weighted by Crippen LogP contribution is 2.27. The maximum absolute atomic E-state index is 12.1. The number of hydrogen-bond acceptors (Lipinski definition) is 2. The van der Waals surface area contributed by atoms with Gasteiger partial charge in [0.25, 0.3) is 0 Å². The van der Waals surface area contributed by atoms with Crippen molar-refractivity contribution in [3.05, 3.63) is 0 Å². The van der Waals surface area contributed by atoms with E-state index in [0.717, 1.165) is 0 Å². The van der Waals surface area contributed by atoms with Gasteiger partial charge in [-0.1, -0.05) is 15.9 Å². The fourth-order valence-electron chi connectivity index (χ4n) is 0.824. The molecule has 0 spiro atoms. The van der Waals surface area contributed by atoms with Crippen molar-refractivity contribution in [1.82, 2.24) is 4.90 Å². The average molecular weight is 273 g/mol. The lowest BCUT2D eigenvalue weighted by Gasteiger charge is -2.26. The largest absolute Gasteiger partial charge is 0.402 e. The minimum Gasteiger partial charge on any atom is -0.301 e. The van der Waals surface area contributed by atoms with Crippen LogP contribution in [0.4, 0.5) is 13.2 Å². The normalized spacial score (nSPS) is 16.4. The molecule has 0 aromatic rings. The van der Waals surface area contributed by atoms with Crippen LogP contribution in [-0.4, -0.2) is 35.5 Å². The summed E-state index contributed by atoms with van der Waals surface area (Å²) in [5.74, 6) is 0. The Balaban J connectivity index is 4.07. The molecule has 0 aliphatic heterocycles. The van der Waals surface area contributed by atoms with E-state index in [1.807, 2.05) is 6.07 Å². The van der Waals surface area contributed by atoms with Crippen LogP contribution >= 0.6 is 15.9 Å². The Hall–Kier alpha value is -0.280. The highest BCUT2D eigenvalue weighted by Gasteiger charge is 2.38. The number of rotatable bonds is 4. The summed E-state index contributed by atoms with van der Waals surface area (Å²) in [6, 6.07) is 1.76. The zero-order valence-corrected chi connectivity index (χ0v) is 9.56. The Kier molecular flexibility index (Phi) is 5.45. The van der Waals surface area contributed by atoms with E-state index in [-0.39, 0.29) is 19.0 Å². The van der Waals surface area contributed by atoms with Gasteiger partial charge in [-0.2, -0.15) is 18.4 Å². The number of alkyl halides is 4. The molecule has 0 fully saturated rings. The summed E-state index contributed by atoms with van der Waals surface area (Å²) in [4.78, 5) is -0.0306. The minimum atomic E-state index is -4.24. The SMILES string of the molecule is CC(CC#N)N(C)CC(Br)C(F)(F)F. The van der Waals surface area contributed by atoms with Crippen LogP contribution in [0.1, 0.15) is 13.3 Å². The molecule has 0 aromatic carbocycles. The molecule has 0 aliphatic carbocycles. The van der Waals surface area contributed by atoms with Gasteiger partial charge in [0, 0.05) is 12.6 Å². The second kappa shape index (κ2) is 5.56. The Morgan fingerprint density at radius 1 is 1.50 bits per heavy atom. The average Bonchev–Trinajstić information content (AvgIpc) is 2.02. The van der Waals surface area contributed by atoms with Crippen molar-refractivity contribution in [2.24, 2.45) is 0 Å². The standard InChI is InChI=1S/C8H12BrF3N2/c1-6(3-4-13)14(2)5-7(9)8(10,11)12/h6-7H,3,5H2,1-2H3. The third kappa shape index (κ3) is 4.82. The molecule has 0 rings (SSSR count). The Morgan fingerprint density at radius 3 is 2.36 bits per heavy atom. The van der Waals surface area contributed by atoms with E-state index in [1.54, 1.807) is 14.0 Å².